The van der Waals surface area contributed by atoms with Crippen LogP contribution >= 0.6 is 11.8 Å². The number of carbonyl (C=O) groups is 1. The molecule has 1 aliphatic rings. The molecule has 0 aliphatic carbocycles. The molecule has 1 saturated heterocycles. The number of carboxylic acids is 1. The van der Waals surface area contributed by atoms with Gasteiger partial charge in [0.2, 0.25) is 5.95 Å². The third-order valence-corrected chi connectivity index (χ3v) is 5.55. The van der Waals surface area contributed by atoms with E-state index >= 15 is 0 Å². The predicted octanol–water partition coefficient (Wildman–Crippen LogP) is -0.213. The van der Waals surface area contributed by atoms with Crippen LogP contribution in [0, 0.1) is 0 Å². The molecule has 10 heteroatoms. The lowest BCUT2D eigenvalue weighted by Crippen LogP contribution is -2.28. The number of carboxylic acid groups (broad SMARTS) is 1. The number of sulfone groups is 1. The Kier molecular flexibility index (Phi) is 3.99. The molecular formula is C9H14N4O4S2. The van der Waals surface area contributed by atoms with E-state index in [9.17, 15) is 13.2 Å². The number of aromatic nitrogens is 3. The molecule has 0 radical (unpaired) electrons. The van der Waals surface area contributed by atoms with Crippen LogP contribution < -0.4 is 5.73 Å². The summed E-state index contributed by atoms with van der Waals surface area (Å²) in [5.41, 5.74) is 5.70. The Morgan fingerprint density at radius 2 is 2.26 bits per heavy atom. The van der Waals surface area contributed by atoms with E-state index in [1.807, 2.05) is 0 Å². The number of nitrogen functional groups attached to an aromatic ring is 1. The molecule has 0 bridgehead atoms. The lowest BCUT2D eigenvalue weighted by atomic mass is 10.2. The summed E-state index contributed by atoms with van der Waals surface area (Å²) in [5.74, 6) is -0.847. The van der Waals surface area contributed by atoms with Gasteiger partial charge in [0.1, 0.15) is 0 Å². The van der Waals surface area contributed by atoms with E-state index in [0.29, 0.717) is 18.0 Å². The number of nitrogens with two attached hydrogens (primary N) is 1. The summed E-state index contributed by atoms with van der Waals surface area (Å²) in [4.78, 5) is 10.6. The Hall–Kier alpha value is -1.29. The summed E-state index contributed by atoms with van der Waals surface area (Å²) in [6.45, 7) is 0. The van der Waals surface area contributed by atoms with E-state index in [1.165, 1.54) is 4.57 Å². The van der Waals surface area contributed by atoms with Crippen molar-refractivity contribution in [3.63, 3.8) is 0 Å². The minimum Gasteiger partial charge on any atom is -0.481 e. The Morgan fingerprint density at radius 1 is 1.53 bits per heavy atom. The zero-order valence-corrected chi connectivity index (χ0v) is 11.7. The van der Waals surface area contributed by atoms with Crippen LogP contribution in [0.2, 0.25) is 0 Å². The number of hydrogen-bond donors (Lipinski definition) is 2. The van der Waals surface area contributed by atoms with Crippen LogP contribution in [0.3, 0.4) is 0 Å². The Balaban J connectivity index is 2.23. The molecule has 106 valence electrons. The van der Waals surface area contributed by atoms with Crippen LogP contribution in [0.5, 0.6) is 0 Å². The fourth-order valence-corrected chi connectivity index (χ4v) is 4.47. The van der Waals surface area contributed by atoms with Crippen molar-refractivity contribution in [1.82, 2.24) is 14.8 Å². The molecule has 2 rings (SSSR count). The summed E-state index contributed by atoms with van der Waals surface area (Å²) in [6, 6.07) is -0.315. The molecule has 1 atom stereocenters. The van der Waals surface area contributed by atoms with Crippen molar-refractivity contribution in [1.29, 1.82) is 0 Å². The molecule has 2 heterocycles. The third kappa shape index (κ3) is 3.38. The van der Waals surface area contributed by atoms with Crippen LogP contribution in [-0.2, 0) is 14.6 Å². The van der Waals surface area contributed by atoms with Crippen LogP contribution in [-0.4, -0.2) is 51.5 Å². The Morgan fingerprint density at radius 3 is 2.89 bits per heavy atom. The van der Waals surface area contributed by atoms with Gasteiger partial charge in [-0.3, -0.25) is 9.36 Å². The molecule has 1 aliphatic heterocycles. The van der Waals surface area contributed by atoms with Gasteiger partial charge in [0.25, 0.3) is 0 Å². The van der Waals surface area contributed by atoms with Gasteiger partial charge in [0, 0.05) is 0 Å². The number of nitrogens with zero attached hydrogens (tertiary/aromatic N) is 3. The number of anilines is 1. The van der Waals surface area contributed by atoms with E-state index in [0.717, 1.165) is 11.8 Å². The zero-order chi connectivity index (χ0) is 14.0. The molecule has 1 aromatic heterocycles. The third-order valence-electron chi connectivity index (χ3n) is 2.82. The first kappa shape index (κ1) is 14.1. The average Bonchev–Trinajstić information content (AvgIpc) is 2.66. The topological polar surface area (TPSA) is 128 Å². The maximum absolute atomic E-state index is 11.6. The van der Waals surface area contributed by atoms with Crippen molar-refractivity contribution < 1.29 is 18.3 Å². The molecular weight excluding hydrogens is 292 g/mol. The normalized spacial score (nSPS) is 22.2. The minimum atomic E-state index is -3.08. The molecule has 3 N–H and O–H groups in total. The maximum atomic E-state index is 11.6. The van der Waals surface area contributed by atoms with Gasteiger partial charge in [-0.25, -0.2) is 8.42 Å². The van der Waals surface area contributed by atoms with Gasteiger partial charge in [0.15, 0.2) is 15.0 Å². The van der Waals surface area contributed by atoms with Gasteiger partial charge in [-0.15, -0.1) is 10.2 Å². The van der Waals surface area contributed by atoms with Crippen LogP contribution in [0.1, 0.15) is 18.9 Å². The first-order chi connectivity index (χ1) is 8.89. The zero-order valence-electron chi connectivity index (χ0n) is 10.0. The highest BCUT2D eigenvalue weighted by atomic mass is 32.2. The van der Waals surface area contributed by atoms with Crippen LogP contribution in [0.4, 0.5) is 5.95 Å². The van der Waals surface area contributed by atoms with Crippen molar-refractivity contribution in [3.05, 3.63) is 0 Å². The second-order valence-electron chi connectivity index (χ2n) is 4.30. The monoisotopic (exact) mass is 306 g/mol. The number of aliphatic carboxylic acids is 1. The van der Waals surface area contributed by atoms with Gasteiger partial charge in [-0.1, -0.05) is 11.8 Å². The van der Waals surface area contributed by atoms with Crippen LogP contribution in [0.25, 0.3) is 0 Å². The summed E-state index contributed by atoms with van der Waals surface area (Å²) in [5, 5.41) is 16.5. The summed E-state index contributed by atoms with van der Waals surface area (Å²) in [7, 11) is -3.08. The highest BCUT2D eigenvalue weighted by Gasteiger charge is 2.29. The number of hydrogen-bond acceptors (Lipinski definition) is 7. The molecule has 0 saturated carbocycles. The molecule has 8 nitrogen and oxygen atoms in total. The number of thioether (sulfide) groups is 1. The quantitative estimate of drug-likeness (QED) is 0.731. The second-order valence-corrected chi connectivity index (χ2v) is 7.47. The fraction of sp³-hybridized carbons (Fsp3) is 0.667. The first-order valence-corrected chi connectivity index (χ1v) is 8.45. The fourth-order valence-electron chi connectivity index (χ4n) is 2.06. The van der Waals surface area contributed by atoms with Gasteiger partial charge in [-0.2, -0.15) is 0 Å². The standard InChI is InChI=1S/C9H14N4O4S2/c10-8-11-12-9(18-4-7(14)15)13(8)6-2-1-3-19(16,17)5-6/h6H,1-5H2,(H2,10,11)(H,14,15). The molecule has 1 unspecified atom stereocenters. The van der Waals surface area contributed by atoms with E-state index in [1.54, 1.807) is 0 Å². The first-order valence-electron chi connectivity index (χ1n) is 5.64. The lowest BCUT2D eigenvalue weighted by Gasteiger charge is -2.24. The maximum Gasteiger partial charge on any atom is 0.313 e. The van der Waals surface area contributed by atoms with E-state index < -0.39 is 15.8 Å². The molecule has 0 amide bonds. The van der Waals surface area contributed by atoms with E-state index in [-0.39, 0.29) is 29.2 Å². The van der Waals surface area contributed by atoms with Crippen molar-refractivity contribution >= 4 is 33.5 Å². The van der Waals surface area contributed by atoms with Gasteiger partial charge in [-0.05, 0) is 12.8 Å². The van der Waals surface area contributed by atoms with Gasteiger partial charge in [0.05, 0.1) is 23.3 Å². The second kappa shape index (κ2) is 5.37. The summed E-state index contributed by atoms with van der Waals surface area (Å²) < 4.78 is 24.8. The van der Waals surface area contributed by atoms with Crippen LogP contribution in [0.15, 0.2) is 5.16 Å². The predicted molar refractivity (Wildman–Crippen MR) is 69.7 cm³/mol. The van der Waals surface area contributed by atoms with E-state index in [2.05, 4.69) is 10.2 Å². The smallest absolute Gasteiger partial charge is 0.313 e. The Labute approximate surface area is 114 Å². The number of rotatable bonds is 4. The molecule has 1 aromatic rings. The largest absolute Gasteiger partial charge is 0.481 e. The van der Waals surface area contributed by atoms with Gasteiger partial charge < -0.3 is 10.8 Å². The van der Waals surface area contributed by atoms with E-state index in [4.69, 9.17) is 10.8 Å². The van der Waals surface area contributed by atoms with Crippen molar-refractivity contribution in [2.24, 2.45) is 0 Å². The molecule has 19 heavy (non-hydrogen) atoms. The van der Waals surface area contributed by atoms with Gasteiger partial charge >= 0.3 is 5.97 Å². The molecule has 0 aromatic carbocycles. The highest BCUT2D eigenvalue weighted by molar-refractivity contribution is 7.99. The molecule has 0 spiro atoms. The van der Waals surface area contributed by atoms with Crippen molar-refractivity contribution in [2.75, 3.05) is 23.0 Å². The summed E-state index contributed by atoms with van der Waals surface area (Å²) in [6.07, 6.45) is 1.23. The SMILES string of the molecule is Nc1nnc(SCC(=O)O)n1C1CCCS(=O)(=O)C1. The van der Waals surface area contributed by atoms with Crippen molar-refractivity contribution in [3.8, 4) is 0 Å². The minimum absolute atomic E-state index is 0.00410. The van der Waals surface area contributed by atoms with Crippen molar-refractivity contribution in [2.45, 2.75) is 24.0 Å². The average molecular weight is 306 g/mol. The Bertz CT molecular complexity index is 583. The highest BCUT2D eigenvalue weighted by Crippen LogP contribution is 2.29. The molecule has 1 fully saturated rings. The summed E-state index contributed by atoms with van der Waals surface area (Å²) >= 11 is 0.985. The lowest BCUT2D eigenvalue weighted by molar-refractivity contribution is -0.133.